The lowest BCUT2D eigenvalue weighted by molar-refractivity contribution is -0.116. The van der Waals surface area contributed by atoms with E-state index in [1.807, 2.05) is 19.0 Å². The fourth-order valence-electron chi connectivity index (χ4n) is 2.33. The van der Waals surface area contributed by atoms with E-state index in [4.69, 9.17) is 0 Å². The molecule has 0 bridgehead atoms. The Morgan fingerprint density at radius 1 is 1.04 bits per heavy atom. The summed E-state index contributed by atoms with van der Waals surface area (Å²) in [5.74, 6) is -0.485. The zero-order valence-corrected chi connectivity index (χ0v) is 16.6. The number of rotatable bonds is 10. The van der Waals surface area contributed by atoms with Crippen LogP contribution in [0.5, 0.6) is 0 Å². The van der Waals surface area contributed by atoms with Crippen molar-refractivity contribution < 1.29 is 18.0 Å². The summed E-state index contributed by atoms with van der Waals surface area (Å²) in [6.07, 6.45) is 1.90. The van der Waals surface area contributed by atoms with Crippen LogP contribution in [-0.2, 0) is 19.6 Å². The van der Waals surface area contributed by atoms with Crippen molar-refractivity contribution in [1.29, 1.82) is 0 Å². The van der Waals surface area contributed by atoms with Gasteiger partial charge in [0.2, 0.25) is 21.8 Å². The third-order valence-corrected chi connectivity index (χ3v) is 4.84. The molecule has 0 radical (unpaired) electrons. The Kier molecular flexibility index (Phi) is 8.70. The molecule has 0 unspecified atom stereocenters. The van der Waals surface area contributed by atoms with Gasteiger partial charge in [-0.25, -0.2) is 12.7 Å². The van der Waals surface area contributed by atoms with Gasteiger partial charge in [0.25, 0.3) is 0 Å². The van der Waals surface area contributed by atoms with Gasteiger partial charge >= 0.3 is 0 Å². The highest BCUT2D eigenvalue weighted by Crippen LogP contribution is 2.15. The number of sulfonamides is 1. The quantitative estimate of drug-likeness (QED) is 0.631. The summed E-state index contributed by atoms with van der Waals surface area (Å²) in [6, 6.07) is 6.78. The van der Waals surface area contributed by atoms with E-state index < -0.39 is 10.0 Å². The normalized spacial score (nSPS) is 11.6. The summed E-state index contributed by atoms with van der Waals surface area (Å²) < 4.78 is 25.1. The molecule has 1 aromatic carbocycles. The number of hydrogen-bond donors (Lipinski definition) is 2. The number of hydrogen-bond acceptors (Lipinski definition) is 5. The molecule has 0 heterocycles. The Labute approximate surface area is 155 Å². The molecule has 0 fully saturated rings. The predicted octanol–water partition coefficient (Wildman–Crippen LogP) is 1.19. The van der Waals surface area contributed by atoms with Crippen LogP contribution < -0.4 is 10.6 Å². The van der Waals surface area contributed by atoms with Gasteiger partial charge in [0.05, 0.1) is 6.26 Å². The molecule has 2 N–H and O–H groups in total. The van der Waals surface area contributed by atoms with Crippen LogP contribution >= 0.6 is 0 Å². The number of nitrogens with one attached hydrogen (secondary N) is 2. The van der Waals surface area contributed by atoms with Gasteiger partial charge in [0.15, 0.2) is 0 Å². The van der Waals surface area contributed by atoms with E-state index in [1.54, 1.807) is 24.3 Å². The molecule has 146 valence electrons. The first-order valence-electron chi connectivity index (χ1n) is 8.35. The minimum absolute atomic E-state index is 0.0550. The van der Waals surface area contributed by atoms with Gasteiger partial charge in [-0.1, -0.05) is 6.07 Å². The largest absolute Gasteiger partial charge is 0.326 e. The number of amides is 2. The summed E-state index contributed by atoms with van der Waals surface area (Å²) in [4.78, 5) is 25.2. The molecule has 2 amide bonds. The van der Waals surface area contributed by atoms with Crippen molar-refractivity contribution in [3.8, 4) is 0 Å². The molecule has 0 spiro atoms. The molecule has 26 heavy (non-hydrogen) atoms. The van der Waals surface area contributed by atoms with E-state index in [0.717, 1.165) is 12.8 Å². The van der Waals surface area contributed by atoms with Crippen LogP contribution in [0.3, 0.4) is 0 Å². The van der Waals surface area contributed by atoms with Crippen LogP contribution in [0, 0.1) is 0 Å². The van der Waals surface area contributed by atoms with Crippen LogP contribution in [0.15, 0.2) is 24.3 Å². The van der Waals surface area contributed by atoms with E-state index >= 15 is 0 Å². The van der Waals surface area contributed by atoms with Gasteiger partial charge < -0.3 is 15.5 Å². The van der Waals surface area contributed by atoms with Gasteiger partial charge in [0.1, 0.15) is 0 Å². The van der Waals surface area contributed by atoms with Crippen molar-refractivity contribution >= 4 is 33.2 Å². The van der Waals surface area contributed by atoms with E-state index in [-0.39, 0.29) is 24.8 Å². The predicted molar refractivity (Wildman–Crippen MR) is 104 cm³/mol. The second kappa shape index (κ2) is 10.2. The molecule has 0 aliphatic carbocycles. The summed E-state index contributed by atoms with van der Waals surface area (Å²) in [7, 11) is 0.484. The van der Waals surface area contributed by atoms with Gasteiger partial charge in [-0.05, 0) is 45.3 Å². The van der Waals surface area contributed by atoms with Crippen molar-refractivity contribution in [2.45, 2.75) is 19.8 Å². The number of benzene rings is 1. The highest BCUT2D eigenvalue weighted by atomic mass is 32.2. The van der Waals surface area contributed by atoms with Gasteiger partial charge in [-0.15, -0.1) is 0 Å². The average Bonchev–Trinajstić information content (AvgIpc) is 2.48. The molecule has 0 saturated heterocycles. The van der Waals surface area contributed by atoms with E-state index in [9.17, 15) is 18.0 Å². The van der Waals surface area contributed by atoms with E-state index in [0.29, 0.717) is 24.3 Å². The minimum atomic E-state index is -3.36. The highest BCUT2D eigenvalue weighted by Gasteiger charge is 2.17. The third kappa shape index (κ3) is 8.93. The Bertz CT molecular complexity index is 719. The van der Waals surface area contributed by atoms with Crippen molar-refractivity contribution in [3.05, 3.63) is 24.3 Å². The first-order valence-corrected chi connectivity index (χ1v) is 10.2. The summed E-state index contributed by atoms with van der Waals surface area (Å²) >= 11 is 0. The molecule has 1 rings (SSSR count). The second-order valence-corrected chi connectivity index (χ2v) is 8.36. The molecular formula is C17H28N4O4S. The van der Waals surface area contributed by atoms with Gasteiger partial charge in [-0.2, -0.15) is 0 Å². The average molecular weight is 385 g/mol. The maximum atomic E-state index is 12.1. The lowest BCUT2D eigenvalue weighted by atomic mass is 10.2. The van der Waals surface area contributed by atoms with Crippen LogP contribution in [0.2, 0.25) is 0 Å². The fourth-order valence-corrected chi connectivity index (χ4v) is 3.22. The lowest BCUT2D eigenvalue weighted by Crippen LogP contribution is -2.35. The van der Waals surface area contributed by atoms with Crippen molar-refractivity contribution in [3.63, 3.8) is 0 Å². The Hall–Kier alpha value is -1.97. The lowest BCUT2D eigenvalue weighted by Gasteiger charge is -2.20. The summed E-state index contributed by atoms with van der Waals surface area (Å²) in [5.41, 5.74) is 1.12. The van der Waals surface area contributed by atoms with Crippen LogP contribution in [-0.4, -0.2) is 69.4 Å². The number of anilines is 2. The summed E-state index contributed by atoms with van der Waals surface area (Å²) in [5, 5.41) is 5.36. The maximum absolute atomic E-state index is 12.1. The van der Waals surface area contributed by atoms with Crippen LogP contribution in [0.4, 0.5) is 11.4 Å². The van der Waals surface area contributed by atoms with Gasteiger partial charge in [0, 0.05) is 37.8 Å². The SMILES string of the molecule is CC(=O)Nc1cccc(NC(=O)CCN(CCCN(C)C)S(C)(=O)=O)c1. The van der Waals surface area contributed by atoms with Gasteiger partial charge in [-0.3, -0.25) is 9.59 Å². The minimum Gasteiger partial charge on any atom is -0.326 e. The number of nitrogens with zero attached hydrogens (tertiary/aromatic N) is 2. The standard InChI is InChI=1S/C17H28N4O4S/c1-14(22)18-15-7-5-8-16(13-15)19-17(23)9-12-21(26(4,24)25)11-6-10-20(2)3/h5,7-8,13H,6,9-12H2,1-4H3,(H,18,22)(H,19,23). The van der Waals surface area contributed by atoms with Crippen molar-refractivity contribution in [1.82, 2.24) is 9.21 Å². The zero-order valence-electron chi connectivity index (χ0n) is 15.8. The zero-order chi connectivity index (χ0) is 19.7. The maximum Gasteiger partial charge on any atom is 0.225 e. The molecule has 8 nitrogen and oxygen atoms in total. The number of carbonyl (C=O) groups excluding carboxylic acids is 2. The molecule has 9 heteroatoms. The van der Waals surface area contributed by atoms with E-state index in [2.05, 4.69) is 10.6 Å². The molecule has 0 aliphatic rings. The monoisotopic (exact) mass is 384 g/mol. The highest BCUT2D eigenvalue weighted by molar-refractivity contribution is 7.88. The second-order valence-electron chi connectivity index (χ2n) is 6.38. The molecular weight excluding hydrogens is 356 g/mol. The molecule has 1 aromatic rings. The van der Waals surface area contributed by atoms with Crippen LogP contribution in [0.25, 0.3) is 0 Å². The smallest absolute Gasteiger partial charge is 0.225 e. The molecule has 0 atom stereocenters. The first-order chi connectivity index (χ1) is 12.1. The molecule has 0 aromatic heterocycles. The first kappa shape index (κ1) is 22.1. The van der Waals surface area contributed by atoms with Crippen molar-refractivity contribution in [2.24, 2.45) is 0 Å². The summed E-state index contributed by atoms with van der Waals surface area (Å²) in [6.45, 7) is 2.68. The Morgan fingerprint density at radius 3 is 2.19 bits per heavy atom. The number of carbonyl (C=O) groups is 2. The Balaban J connectivity index is 2.58. The molecule has 0 saturated carbocycles. The van der Waals surface area contributed by atoms with Crippen LogP contribution in [0.1, 0.15) is 19.8 Å². The molecule has 0 aliphatic heterocycles. The Morgan fingerprint density at radius 2 is 1.65 bits per heavy atom. The third-order valence-electron chi connectivity index (χ3n) is 3.54. The van der Waals surface area contributed by atoms with Crippen molar-refractivity contribution in [2.75, 3.05) is 50.6 Å². The fraction of sp³-hybridized carbons (Fsp3) is 0.529. The van der Waals surface area contributed by atoms with E-state index in [1.165, 1.54) is 11.2 Å². The topological polar surface area (TPSA) is 98.8 Å².